The molecule has 1 unspecified atom stereocenters. The van der Waals surface area contributed by atoms with Crippen molar-refractivity contribution in [1.82, 2.24) is 9.88 Å². The highest BCUT2D eigenvalue weighted by atomic mass is 32.2. The zero-order valence-electron chi connectivity index (χ0n) is 18.8. The first-order valence-corrected chi connectivity index (χ1v) is 13.7. The fourth-order valence-electron chi connectivity index (χ4n) is 5.06. The molecule has 9 heteroatoms. The summed E-state index contributed by atoms with van der Waals surface area (Å²) in [4.78, 5) is 22.2. The van der Waals surface area contributed by atoms with Crippen LogP contribution in [0, 0.1) is 23.2 Å². The van der Waals surface area contributed by atoms with E-state index in [-0.39, 0.29) is 12.0 Å². The smallest absolute Gasteiger partial charge is 0.352 e. The molecule has 2 aliphatic heterocycles. The Labute approximate surface area is 194 Å². The summed E-state index contributed by atoms with van der Waals surface area (Å²) in [5, 5.41) is 9.96. The average molecular weight is 467 g/mol. The van der Waals surface area contributed by atoms with Crippen LogP contribution in [0.3, 0.4) is 0 Å². The Kier molecular flexibility index (Phi) is 4.67. The third-order valence-corrected chi connectivity index (χ3v) is 8.41. The van der Waals surface area contributed by atoms with Crippen molar-refractivity contribution in [2.24, 2.45) is 11.8 Å². The molecule has 1 amide bonds. The van der Waals surface area contributed by atoms with E-state index in [1.807, 2.05) is 6.07 Å². The number of sulfonamides is 1. The normalized spacial score (nSPS) is 25.2. The van der Waals surface area contributed by atoms with Gasteiger partial charge in [0, 0.05) is 37.0 Å². The topological polar surface area (TPSA) is 97.4 Å². The average Bonchev–Trinajstić information content (AvgIpc) is 3.63. The van der Waals surface area contributed by atoms with Crippen LogP contribution < -0.4 is 4.90 Å². The molecule has 0 spiro atoms. The van der Waals surface area contributed by atoms with E-state index >= 15 is 0 Å². The van der Waals surface area contributed by atoms with Crippen LogP contribution in [0.4, 0.5) is 5.82 Å². The summed E-state index contributed by atoms with van der Waals surface area (Å²) in [7, 11) is -3.31. The highest BCUT2D eigenvalue weighted by molar-refractivity contribution is 7.84. The number of nitriles is 1. The molecule has 0 N–H and O–H groups in total. The molecule has 1 aromatic rings. The van der Waals surface area contributed by atoms with Gasteiger partial charge in [-0.2, -0.15) is 13.7 Å². The maximum atomic E-state index is 12.9. The second-order valence-electron chi connectivity index (χ2n) is 10.1. The third-order valence-electron chi connectivity index (χ3n) is 7.44. The monoisotopic (exact) mass is 466 g/mol. The van der Waals surface area contributed by atoms with Gasteiger partial charge in [0.05, 0.1) is 23.6 Å². The van der Waals surface area contributed by atoms with E-state index < -0.39 is 10.0 Å². The summed E-state index contributed by atoms with van der Waals surface area (Å²) in [6.07, 6.45) is 10.9. The van der Waals surface area contributed by atoms with Gasteiger partial charge < -0.3 is 9.80 Å². The minimum absolute atomic E-state index is 0.204. The molecule has 1 atom stereocenters. The quantitative estimate of drug-likeness (QED) is 0.596. The Bertz CT molecular complexity index is 1250. The fourth-order valence-corrected chi connectivity index (χ4v) is 5.67. The lowest BCUT2D eigenvalue weighted by molar-refractivity contribution is -0.280. The first kappa shape index (κ1) is 20.8. The van der Waals surface area contributed by atoms with Crippen molar-refractivity contribution in [1.29, 1.82) is 5.26 Å². The van der Waals surface area contributed by atoms with Gasteiger partial charge in [0.25, 0.3) is 0 Å². The van der Waals surface area contributed by atoms with Crippen molar-refractivity contribution in [3.63, 3.8) is 0 Å². The fraction of sp³-hybridized carbons (Fsp3) is 0.583. The Balaban J connectivity index is 1.31. The van der Waals surface area contributed by atoms with Crippen molar-refractivity contribution in [3.05, 3.63) is 29.1 Å². The minimum atomic E-state index is -3.31. The van der Waals surface area contributed by atoms with Gasteiger partial charge in [-0.25, -0.2) is 4.98 Å². The number of carbonyl (C=O) groups is 1. The van der Waals surface area contributed by atoms with Gasteiger partial charge in [-0.15, -0.1) is 0 Å². The third kappa shape index (κ3) is 3.84. The van der Waals surface area contributed by atoms with Crippen molar-refractivity contribution in [2.45, 2.75) is 50.5 Å². The number of rotatable bonds is 6. The molecule has 5 aliphatic rings. The number of carbonyl (C=O) groups excluding carboxylic acids is 1. The van der Waals surface area contributed by atoms with Crippen LogP contribution in [-0.4, -0.2) is 66.3 Å². The van der Waals surface area contributed by atoms with Gasteiger partial charge in [-0.1, -0.05) is 3.98 Å². The number of piperazine rings is 1. The number of hydrogen-bond donors (Lipinski definition) is 0. The van der Waals surface area contributed by atoms with E-state index in [0.717, 1.165) is 49.1 Å². The summed E-state index contributed by atoms with van der Waals surface area (Å²) in [5.74, 6) is 2.17. The van der Waals surface area contributed by atoms with Crippen molar-refractivity contribution in [3.8, 4) is 6.07 Å². The molecule has 6 rings (SSSR count). The van der Waals surface area contributed by atoms with E-state index in [0.29, 0.717) is 42.2 Å². The first-order valence-electron chi connectivity index (χ1n) is 11.9. The number of hydrogen-bond acceptors (Lipinski definition) is 6. The van der Waals surface area contributed by atoms with E-state index in [9.17, 15) is 18.5 Å². The predicted octanol–water partition coefficient (Wildman–Crippen LogP) is 2.07. The van der Waals surface area contributed by atoms with Crippen LogP contribution >= 0.6 is 0 Å². The van der Waals surface area contributed by atoms with E-state index in [2.05, 4.69) is 15.9 Å². The number of allylic oxidation sites excluding steroid dienone is 1. The molecule has 3 heterocycles. The maximum Gasteiger partial charge on any atom is 0.366 e. The molecule has 1 aromatic heterocycles. The Morgan fingerprint density at radius 2 is 1.91 bits per heavy atom. The van der Waals surface area contributed by atoms with Crippen molar-refractivity contribution in [2.75, 3.05) is 30.8 Å². The zero-order chi connectivity index (χ0) is 22.9. The Morgan fingerprint density at radius 3 is 2.48 bits per heavy atom. The molecule has 172 valence electrons. The summed E-state index contributed by atoms with van der Waals surface area (Å²) < 4.78 is 24.7. The zero-order valence-corrected chi connectivity index (χ0v) is 19.6. The first-order chi connectivity index (χ1) is 15.8. The molecule has 1 saturated heterocycles. The van der Waals surface area contributed by atoms with Gasteiger partial charge in [0.2, 0.25) is 18.3 Å². The Morgan fingerprint density at radius 1 is 1.18 bits per heavy atom. The molecule has 8 nitrogen and oxygen atoms in total. The molecule has 3 saturated carbocycles. The van der Waals surface area contributed by atoms with Gasteiger partial charge in [-0.3, -0.25) is 4.79 Å². The lowest BCUT2D eigenvalue weighted by Crippen LogP contribution is -2.57. The molecule has 33 heavy (non-hydrogen) atoms. The SMILES string of the molecule is CS(=O)(=O)[N+]1=CC(c2cc(C#N)c(N3CCN(C(=O)C4CC4)C(C4CC4)C3)nc2C2CC2)=C1. The van der Waals surface area contributed by atoms with Crippen LogP contribution in [-0.2, 0) is 14.8 Å². The minimum Gasteiger partial charge on any atom is -0.352 e. The standard InChI is InChI=1S/C24H28N5O3S/c1-33(31,32)28-12-19(13-28)20-10-18(11-25)23(26-22(20)16-4-5-16)27-8-9-29(24(30)17-6-7-17)21(14-27)15-2-3-15/h10,12-13,15-17,21H,2-9,14H2,1H3/q+1. The summed E-state index contributed by atoms with van der Waals surface area (Å²) in [6.45, 7) is 2.10. The lowest BCUT2D eigenvalue weighted by atomic mass is 9.98. The molecular weight excluding hydrogens is 438 g/mol. The molecule has 4 fully saturated rings. The Hall–Kier alpha value is -2.73. The van der Waals surface area contributed by atoms with E-state index in [1.54, 1.807) is 12.4 Å². The largest absolute Gasteiger partial charge is 0.366 e. The summed E-state index contributed by atoms with van der Waals surface area (Å²) in [6, 6.07) is 4.41. The summed E-state index contributed by atoms with van der Waals surface area (Å²) in [5.41, 5.74) is 3.13. The van der Waals surface area contributed by atoms with Crippen molar-refractivity contribution < 1.29 is 17.2 Å². The van der Waals surface area contributed by atoms with Gasteiger partial charge in [0.1, 0.15) is 17.5 Å². The van der Waals surface area contributed by atoms with Crippen LogP contribution in [0.5, 0.6) is 0 Å². The number of pyridine rings is 1. The van der Waals surface area contributed by atoms with Crippen LogP contribution in [0.2, 0.25) is 0 Å². The van der Waals surface area contributed by atoms with Gasteiger partial charge in [-0.05, 0) is 50.5 Å². The molecule has 0 radical (unpaired) electrons. The molecule has 0 bridgehead atoms. The van der Waals surface area contributed by atoms with Crippen LogP contribution in [0.25, 0.3) is 5.57 Å². The highest BCUT2D eigenvalue weighted by Gasteiger charge is 2.45. The number of anilines is 1. The number of aromatic nitrogens is 1. The molecule has 3 aliphatic carbocycles. The molecule has 0 aromatic carbocycles. The summed E-state index contributed by atoms with van der Waals surface area (Å²) >= 11 is 0. The van der Waals surface area contributed by atoms with Gasteiger partial charge >= 0.3 is 10.0 Å². The van der Waals surface area contributed by atoms with Crippen LogP contribution in [0.1, 0.15) is 61.3 Å². The van der Waals surface area contributed by atoms with E-state index in [1.165, 1.54) is 23.1 Å². The lowest BCUT2D eigenvalue weighted by Gasteiger charge is -2.43. The van der Waals surface area contributed by atoms with Crippen LogP contribution in [0.15, 0.2) is 12.3 Å². The van der Waals surface area contributed by atoms with E-state index in [4.69, 9.17) is 4.98 Å². The number of amides is 1. The predicted molar refractivity (Wildman–Crippen MR) is 123 cm³/mol. The highest BCUT2D eigenvalue weighted by Crippen LogP contribution is 2.45. The maximum absolute atomic E-state index is 12.9. The van der Waals surface area contributed by atoms with Crippen molar-refractivity contribution >= 4 is 33.5 Å². The second kappa shape index (κ2) is 7.39. The second-order valence-corrected chi connectivity index (χ2v) is 12.0. The van der Waals surface area contributed by atoms with Gasteiger partial charge in [0.15, 0.2) is 0 Å². The number of nitrogens with zero attached hydrogens (tertiary/aromatic N) is 5. The molecular formula is C24H28N5O3S+.